The fourth-order valence-corrected chi connectivity index (χ4v) is 1.10. The van der Waals surface area contributed by atoms with Crippen LogP contribution in [0, 0.1) is 0 Å². The predicted octanol–water partition coefficient (Wildman–Crippen LogP) is -0.0639. The summed E-state index contributed by atoms with van der Waals surface area (Å²) in [4.78, 5) is 23.2. The minimum absolute atomic E-state index is 0.181. The highest BCUT2D eigenvalue weighted by Crippen LogP contribution is 2.01. The fourth-order valence-electron chi connectivity index (χ4n) is 0.711. The zero-order chi connectivity index (χ0) is 9.72. The summed E-state index contributed by atoms with van der Waals surface area (Å²) in [6.07, 6.45) is 0. The van der Waals surface area contributed by atoms with Gasteiger partial charge in [-0.15, -0.1) is 0 Å². The first-order valence-corrected chi connectivity index (χ1v) is 4.10. The molecule has 0 fully saturated rings. The number of thiol groups is 1. The number of carbonyl (C=O) groups excluding carboxylic acids is 2. The molecule has 1 atom stereocenters. The van der Waals surface area contributed by atoms with Crippen LogP contribution in [0.25, 0.3) is 0 Å². The van der Waals surface area contributed by atoms with Gasteiger partial charge >= 0.3 is 5.97 Å². The average Bonchev–Trinajstić information content (AvgIpc) is 2.05. The molecule has 0 N–H and O–H groups in total. The van der Waals surface area contributed by atoms with E-state index in [-0.39, 0.29) is 11.7 Å². The van der Waals surface area contributed by atoms with Gasteiger partial charge in [0.15, 0.2) is 0 Å². The van der Waals surface area contributed by atoms with Crippen LogP contribution in [-0.2, 0) is 14.3 Å². The maximum Gasteiger partial charge on any atom is 0.329 e. The van der Waals surface area contributed by atoms with E-state index < -0.39 is 12.0 Å². The van der Waals surface area contributed by atoms with Crippen molar-refractivity contribution in [2.45, 2.75) is 13.0 Å². The number of rotatable bonds is 3. The molecular formula is C7H13NO3S. The average molecular weight is 191 g/mol. The minimum Gasteiger partial charge on any atom is -0.467 e. The van der Waals surface area contributed by atoms with Crippen molar-refractivity contribution in [2.24, 2.45) is 0 Å². The van der Waals surface area contributed by atoms with Crippen LogP contribution < -0.4 is 0 Å². The SMILES string of the molecule is COC(=O)[C@@H](CS)N(C)C(C)=O. The van der Waals surface area contributed by atoms with Gasteiger partial charge in [0.2, 0.25) is 5.91 Å². The summed E-state index contributed by atoms with van der Waals surface area (Å²) in [6, 6.07) is -0.587. The van der Waals surface area contributed by atoms with Gasteiger partial charge in [0.25, 0.3) is 0 Å². The second kappa shape index (κ2) is 5.03. The molecule has 0 radical (unpaired) electrons. The first-order chi connectivity index (χ1) is 5.54. The topological polar surface area (TPSA) is 46.6 Å². The molecule has 0 unspecified atom stereocenters. The molecule has 0 aromatic carbocycles. The molecule has 12 heavy (non-hydrogen) atoms. The Hall–Kier alpha value is -0.710. The van der Waals surface area contributed by atoms with E-state index in [0.29, 0.717) is 0 Å². The summed E-state index contributed by atoms with van der Waals surface area (Å²) in [7, 11) is 2.83. The molecule has 4 nitrogen and oxygen atoms in total. The van der Waals surface area contributed by atoms with Gasteiger partial charge in [0, 0.05) is 19.7 Å². The van der Waals surface area contributed by atoms with Gasteiger partial charge in [-0.05, 0) is 0 Å². The zero-order valence-electron chi connectivity index (χ0n) is 7.40. The Morgan fingerprint density at radius 2 is 2.08 bits per heavy atom. The summed E-state index contributed by atoms with van der Waals surface area (Å²) in [5.41, 5.74) is 0. The number of nitrogens with zero attached hydrogens (tertiary/aromatic N) is 1. The van der Waals surface area contributed by atoms with Crippen molar-refractivity contribution in [3.63, 3.8) is 0 Å². The number of carbonyl (C=O) groups is 2. The summed E-state index contributed by atoms with van der Waals surface area (Å²) < 4.78 is 4.49. The third-order valence-electron chi connectivity index (χ3n) is 1.61. The van der Waals surface area contributed by atoms with Crippen molar-refractivity contribution >= 4 is 24.5 Å². The molecular weight excluding hydrogens is 178 g/mol. The van der Waals surface area contributed by atoms with Crippen LogP contribution in [0.2, 0.25) is 0 Å². The maximum atomic E-state index is 11.0. The molecule has 0 aromatic rings. The Labute approximate surface area is 77.3 Å². The molecule has 0 heterocycles. The van der Waals surface area contributed by atoms with Crippen molar-refractivity contribution in [3.05, 3.63) is 0 Å². The number of likely N-dealkylation sites (N-methyl/N-ethyl adjacent to an activating group) is 1. The second-order valence-corrected chi connectivity index (χ2v) is 2.72. The zero-order valence-corrected chi connectivity index (χ0v) is 8.30. The Balaban J connectivity index is 4.33. The smallest absolute Gasteiger partial charge is 0.329 e. The normalized spacial score (nSPS) is 12.0. The third kappa shape index (κ3) is 2.73. The highest BCUT2D eigenvalue weighted by molar-refractivity contribution is 7.80. The van der Waals surface area contributed by atoms with E-state index in [1.54, 1.807) is 7.05 Å². The molecule has 0 spiro atoms. The van der Waals surface area contributed by atoms with Gasteiger partial charge in [0.1, 0.15) is 6.04 Å². The van der Waals surface area contributed by atoms with Gasteiger partial charge in [0.05, 0.1) is 7.11 Å². The number of methoxy groups -OCH3 is 1. The third-order valence-corrected chi connectivity index (χ3v) is 1.96. The summed E-state index contributed by atoms with van der Waals surface area (Å²) in [5, 5.41) is 0. The van der Waals surface area contributed by atoms with Gasteiger partial charge in [-0.2, -0.15) is 12.6 Å². The van der Waals surface area contributed by atoms with E-state index in [0.717, 1.165) is 0 Å². The van der Waals surface area contributed by atoms with Gasteiger partial charge < -0.3 is 9.64 Å². The van der Waals surface area contributed by atoms with Crippen LogP contribution in [0.3, 0.4) is 0 Å². The Bertz CT molecular complexity index is 183. The molecule has 0 bridgehead atoms. The first-order valence-electron chi connectivity index (χ1n) is 3.46. The molecule has 1 amide bonds. The highest BCUT2D eigenvalue weighted by atomic mass is 32.1. The molecule has 0 saturated heterocycles. The lowest BCUT2D eigenvalue weighted by molar-refractivity contribution is -0.150. The van der Waals surface area contributed by atoms with Crippen molar-refractivity contribution in [2.75, 3.05) is 19.9 Å². The molecule has 0 saturated carbocycles. The van der Waals surface area contributed by atoms with Crippen LogP contribution in [0.5, 0.6) is 0 Å². The van der Waals surface area contributed by atoms with E-state index >= 15 is 0 Å². The standard InChI is InChI=1S/C7H13NO3S/c1-5(9)8(2)6(4-12)7(10)11-3/h6,12H,4H2,1-3H3/t6-/m1/s1. The Morgan fingerprint density at radius 1 is 1.58 bits per heavy atom. The molecule has 0 aliphatic carbocycles. The molecule has 0 aliphatic rings. The van der Waals surface area contributed by atoms with Crippen molar-refractivity contribution in [1.29, 1.82) is 0 Å². The monoisotopic (exact) mass is 191 g/mol. The number of hydrogen-bond acceptors (Lipinski definition) is 4. The fraction of sp³-hybridized carbons (Fsp3) is 0.714. The number of amides is 1. The minimum atomic E-state index is -0.587. The second-order valence-electron chi connectivity index (χ2n) is 2.35. The van der Waals surface area contributed by atoms with Crippen LogP contribution in [0.4, 0.5) is 0 Å². The highest BCUT2D eigenvalue weighted by Gasteiger charge is 2.23. The predicted molar refractivity (Wildman–Crippen MR) is 48.1 cm³/mol. The van der Waals surface area contributed by atoms with E-state index in [9.17, 15) is 9.59 Å². The lowest BCUT2D eigenvalue weighted by Crippen LogP contribution is -2.43. The van der Waals surface area contributed by atoms with Gasteiger partial charge in [-0.25, -0.2) is 4.79 Å². The van der Waals surface area contributed by atoms with Crippen LogP contribution >= 0.6 is 12.6 Å². The molecule has 70 valence electrons. The van der Waals surface area contributed by atoms with Crippen LogP contribution in [-0.4, -0.2) is 42.7 Å². The number of ether oxygens (including phenoxy) is 1. The molecule has 0 aromatic heterocycles. The van der Waals surface area contributed by atoms with E-state index in [1.165, 1.54) is 18.9 Å². The van der Waals surface area contributed by atoms with Crippen molar-refractivity contribution < 1.29 is 14.3 Å². The molecule has 0 rings (SSSR count). The Morgan fingerprint density at radius 3 is 2.33 bits per heavy atom. The van der Waals surface area contributed by atoms with E-state index in [4.69, 9.17) is 0 Å². The van der Waals surface area contributed by atoms with E-state index in [2.05, 4.69) is 17.4 Å². The van der Waals surface area contributed by atoms with Crippen LogP contribution in [0.15, 0.2) is 0 Å². The van der Waals surface area contributed by atoms with Crippen LogP contribution in [0.1, 0.15) is 6.92 Å². The maximum absolute atomic E-state index is 11.0. The van der Waals surface area contributed by atoms with Crippen molar-refractivity contribution in [3.8, 4) is 0 Å². The molecule has 5 heteroatoms. The lowest BCUT2D eigenvalue weighted by Gasteiger charge is -2.22. The number of hydrogen-bond donors (Lipinski definition) is 1. The van der Waals surface area contributed by atoms with E-state index in [1.807, 2.05) is 0 Å². The molecule has 0 aliphatic heterocycles. The summed E-state index contributed by atoms with van der Waals surface area (Å²) in [5.74, 6) is -0.356. The summed E-state index contributed by atoms with van der Waals surface area (Å²) in [6.45, 7) is 1.39. The lowest BCUT2D eigenvalue weighted by atomic mass is 10.3. The Kier molecular flexibility index (Phi) is 4.73. The van der Waals surface area contributed by atoms with Gasteiger partial charge in [-0.3, -0.25) is 4.79 Å². The summed E-state index contributed by atoms with van der Waals surface area (Å²) >= 11 is 3.95. The largest absolute Gasteiger partial charge is 0.467 e. The quantitative estimate of drug-likeness (QED) is 0.502. The van der Waals surface area contributed by atoms with Gasteiger partial charge in [-0.1, -0.05) is 0 Å². The first kappa shape index (κ1) is 11.3. The number of esters is 1. The van der Waals surface area contributed by atoms with Crippen molar-refractivity contribution in [1.82, 2.24) is 4.90 Å².